The van der Waals surface area contributed by atoms with Crippen molar-refractivity contribution >= 4 is 0 Å². The zero-order chi connectivity index (χ0) is 15.5. The Kier molecular flexibility index (Phi) is 5.14. The second kappa shape index (κ2) is 6.52. The highest BCUT2D eigenvalue weighted by Crippen LogP contribution is 2.26. The average Bonchev–Trinajstić information content (AvgIpc) is 2.42. The summed E-state index contributed by atoms with van der Waals surface area (Å²) in [6.07, 6.45) is 7.77. The van der Waals surface area contributed by atoms with Gasteiger partial charge in [-0.2, -0.15) is 0 Å². The van der Waals surface area contributed by atoms with Crippen molar-refractivity contribution in [2.75, 3.05) is 6.54 Å². The van der Waals surface area contributed by atoms with Crippen LogP contribution in [0.5, 0.6) is 0 Å². The summed E-state index contributed by atoms with van der Waals surface area (Å²) in [6.45, 7) is 12.6. The molecule has 118 valence electrons. The van der Waals surface area contributed by atoms with E-state index in [1.807, 2.05) is 0 Å². The smallest absolute Gasteiger partial charge is 0.00967 e. The first-order valence-electron chi connectivity index (χ1n) is 8.61. The summed E-state index contributed by atoms with van der Waals surface area (Å²) >= 11 is 0. The number of rotatable bonds is 5. The lowest BCUT2D eigenvalue weighted by Crippen LogP contribution is -2.42. The highest BCUT2D eigenvalue weighted by atomic mass is 14.9. The number of benzene rings is 1. The molecule has 1 N–H and O–H groups in total. The fraction of sp³-hybridized carbons (Fsp3) is 0.700. The van der Waals surface area contributed by atoms with Crippen LogP contribution in [0.1, 0.15) is 70.6 Å². The van der Waals surface area contributed by atoms with Crippen LogP contribution in [0.3, 0.4) is 0 Å². The molecule has 1 aromatic rings. The first-order chi connectivity index (χ1) is 9.75. The van der Waals surface area contributed by atoms with Gasteiger partial charge in [-0.3, -0.25) is 0 Å². The summed E-state index contributed by atoms with van der Waals surface area (Å²) in [6, 6.07) is 7.21. The molecule has 1 aromatic carbocycles. The van der Waals surface area contributed by atoms with Gasteiger partial charge in [0.25, 0.3) is 0 Å². The van der Waals surface area contributed by atoms with Gasteiger partial charge in [0.1, 0.15) is 0 Å². The van der Waals surface area contributed by atoms with E-state index in [-0.39, 0.29) is 5.54 Å². The molecule has 1 nitrogen and oxygen atoms in total. The molecule has 1 aliphatic carbocycles. The van der Waals surface area contributed by atoms with Gasteiger partial charge < -0.3 is 5.32 Å². The SMILES string of the molecule is CC(C)(CCc1ccc2c(c1)CCCC2)CNC(C)(C)C. The molecule has 0 unspecified atom stereocenters. The monoisotopic (exact) mass is 287 g/mol. The Morgan fingerprint density at radius 1 is 0.952 bits per heavy atom. The van der Waals surface area contributed by atoms with Crippen LogP contribution in [-0.2, 0) is 19.3 Å². The maximum atomic E-state index is 3.65. The fourth-order valence-electron chi connectivity index (χ4n) is 3.02. The third-order valence-electron chi connectivity index (χ3n) is 4.60. The van der Waals surface area contributed by atoms with Gasteiger partial charge in [-0.1, -0.05) is 32.0 Å². The zero-order valence-electron chi connectivity index (χ0n) is 14.7. The molecule has 0 aliphatic heterocycles. The molecule has 0 fully saturated rings. The van der Waals surface area contributed by atoms with Crippen LogP contribution in [0.15, 0.2) is 18.2 Å². The van der Waals surface area contributed by atoms with E-state index >= 15 is 0 Å². The van der Waals surface area contributed by atoms with E-state index in [9.17, 15) is 0 Å². The van der Waals surface area contributed by atoms with Gasteiger partial charge in [0.05, 0.1) is 0 Å². The van der Waals surface area contributed by atoms with E-state index in [2.05, 4.69) is 58.1 Å². The van der Waals surface area contributed by atoms with Crippen LogP contribution >= 0.6 is 0 Å². The number of hydrogen-bond acceptors (Lipinski definition) is 1. The Hall–Kier alpha value is -0.820. The van der Waals surface area contributed by atoms with Crippen molar-refractivity contribution in [3.63, 3.8) is 0 Å². The highest BCUT2D eigenvalue weighted by molar-refractivity contribution is 5.33. The van der Waals surface area contributed by atoms with E-state index in [0.717, 1.165) is 6.54 Å². The zero-order valence-corrected chi connectivity index (χ0v) is 14.7. The number of aryl methyl sites for hydroxylation is 3. The molecule has 0 amide bonds. The van der Waals surface area contributed by atoms with Crippen LogP contribution in [0.4, 0.5) is 0 Å². The van der Waals surface area contributed by atoms with Gasteiger partial charge in [0.2, 0.25) is 0 Å². The number of hydrogen-bond donors (Lipinski definition) is 1. The molecular weight excluding hydrogens is 254 g/mol. The summed E-state index contributed by atoms with van der Waals surface area (Å²) in [5, 5.41) is 3.65. The minimum atomic E-state index is 0.211. The van der Waals surface area contributed by atoms with E-state index in [1.165, 1.54) is 44.1 Å². The lowest BCUT2D eigenvalue weighted by molar-refractivity contribution is 0.273. The average molecular weight is 287 g/mol. The molecule has 1 aliphatic rings. The van der Waals surface area contributed by atoms with Crippen LogP contribution in [0, 0.1) is 5.41 Å². The minimum absolute atomic E-state index is 0.211. The first-order valence-corrected chi connectivity index (χ1v) is 8.61. The molecule has 0 bridgehead atoms. The molecule has 0 saturated carbocycles. The van der Waals surface area contributed by atoms with E-state index < -0.39 is 0 Å². The van der Waals surface area contributed by atoms with Crippen LogP contribution < -0.4 is 5.32 Å². The maximum Gasteiger partial charge on any atom is 0.00967 e. The molecule has 0 heterocycles. The van der Waals surface area contributed by atoms with Crippen molar-refractivity contribution in [2.24, 2.45) is 5.41 Å². The van der Waals surface area contributed by atoms with Crippen LogP contribution in [0.25, 0.3) is 0 Å². The molecule has 0 atom stereocenters. The van der Waals surface area contributed by atoms with Gasteiger partial charge in [0.15, 0.2) is 0 Å². The Bertz CT molecular complexity index is 465. The molecule has 1 heteroatoms. The summed E-state index contributed by atoms with van der Waals surface area (Å²) in [4.78, 5) is 0. The molecule has 0 saturated heterocycles. The number of fused-ring (bicyclic) bond motifs is 1. The van der Waals surface area contributed by atoms with Gasteiger partial charge in [-0.25, -0.2) is 0 Å². The third-order valence-corrected chi connectivity index (χ3v) is 4.60. The van der Waals surface area contributed by atoms with Crippen LogP contribution in [-0.4, -0.2) is 12.1 Å². The van der Waals surface area contributed by atoms with Gasteiger partial charge in [-0.05, 0) is 81.4 Å². The highest BCUT2D eigenvalue weighted by Gasteiger charge is 2.21. The van der Waals surface area contributed by atoms with Crippen molar-refractivity contribution in [1.29, 1.82) is 0 Å². The van der Waals surface area contributed by atoms with Crippen molar-refractivity contribution in [3.05, 3.63) is 34.9 Å². The molecule has 0 spiro atoms. The standard InChI is InChI=1S/C20H33N/c1-19(2,3)21-15-20(4,5)13-12-16-10-11-17-8-6-7-9-18(17)14-16/h10-11,14,21H,6-9,12-13,15H2,1-5H3. The largest absolute Gasteiger partial charge is 0.312 e. The fourth-order valence-corrected chi connectivity index (χ4v) is 3.02. The van der Waals surface area contributed by atoms with Crippen molar-refractivity contribution in [1.82, 2.24) is 5.32 Å². The maximum absolute atomic E-state index is 3.65. The summed E-state index contributed by atoms with van der Waals surface area (Å²) in [5.74, 6) is 0. The molecule has 0 radical (unpaired) electrons. The van der Waals surface area contributed by atoms with E-state index in [0.29, 0.717) is 5.41 Å². The predicted molar refractivity (Wildman–Crippen MR) is 92.9 cm³/mol. The molecule has 0 aromatic heterocycles. The summed E-state index contributed by atoms with van der Waals surface area (Å²) < 4.78 is 0. The van der Waals surface area contributed by atoms with Crippen molar-refractivity contribution in [3.8, 4) is 0 Å². The Labute approximate surface area is 131 Å². The Morgan fingerprint density at radius 3 is 2.29 bits per heavy atom. The van der Waals surface area contributed by atoms with Gasteiger partial charge >= 0.3 is 0 Å². The number of nitrogens with one attached hydrogen (secondary N) is 1. The summed E-state index contributed by atoms with van der Waals surface area (Å²) in [7, 11) is 0. The molecule has 21 heavy (non-hydrogen) atoms. The van der Waals surface area contributed by atoms with Crippen molar-refractivity contribution < 1.29 is 0 Å². The Morgan fingerprint density at radius 2 is 1.62 bits per heavy atom. The van der Waals surface area contributed by atoms with Crippen molar-refractivity contribution in [2.45, 2.75) is 78.7 Å². The Balaban J connectivity index is 1.90. The second-order valence-corrected chi connectivity index (χ2v) is 8.58. The van der Waals surface area contributed by atoms with Gasteiger partial charge in [0, 0.05) is 12.1 Å². The predicted octanol–water partition coefficient (Wildman–Crippen LogP) is 4.91. The van der Waals surface area contributed by atoms with E-state index in [4.69, 9.17) is 0 Å². The quantitative estimate of drug-likeness (QED) is 0.811. The minimum Gasteiger partial charge on any atom is -0.312 e. The molecule has 2 rings (SSSR count). The second-order valence-electron chi connectivity index (χ2n) is 8.58. The van der Waals surface area contributed by atoms with Gasteiger partial charge in [-0.15, -0.1) is 0 Å². The third kappa shape index (κ3) is 5.47. The first kappa shape index (κ1) is 16.5. The van der Waals surface area contributed by atoms with Crippen LogP contribution in [0.2, 0.25) is 0 Å². The normalized spacial score (nSPS) is 15.9. The lowest BCUT2D eigenvalue weighted by Gasteiger charge is -2.30. The molecular formula is C20H33N. The summed E-state index contributed by atoms with van der Waals surface area (Å²) in [5.41, 5.74) is 5.30. The topological polar surface area (TPSA) is 12.0 Å². The lowest BCUT2D eigenvalue weighted by atomic mass is 9.84. The van der Waals surface area contributed by atoms with E-state index in [1.54, 1.807) is 11.1 Å².